The van der Waals surface area contributed by atoms with Crippen molar-refractivity contribution >= 4 is 18.0 Å². The molecule has 1 fully saturated rings. The Morgan fingerprint density at radius 1 is 1.50 bits per heavy atom. The van der Waals surface area contributed by atoms with Crippen molar-refractivity contribution < 1.29 is 0 Å². The van der Waals surface area contributed by atoms with E-state index in [1.54, 1.807) is 0 Å². The molecule has 0 radical (unpaired) electrons. The van der Waals surface area contributed by atoms with Gasteiger partial charge in [-0.1, -0.05) is 0 Å². The minimum Gasteiger partial charge on any atom is -0.356 e. The van der Waals surface area contributed by atoms with Crippen molar-refractivity contribution in [3.63, 3.8) is 0 Å². The van der Waals surface area contributed by atoms with Crippen molar-refractivity contribution in [3.05, 3.63) is 16.5 Å². The lowest BCUT2D eigenvalue weighted by atomic mass is 10.4. The fourth-order valence-electron chi connectivity index (χ4n) is 1.71. The van der Waals surface area contributed by atoms with Crippen LogP contribution in [0.5, 0.6) is 0 Å². The normalized spacial score (nSPS) is 16.2. The zero-order chi connectivity index (χ0) is 9.97. The molecule has 5 heteroatoms. The summed E-state index contributed by atoms with van der Waals surface area (Å²) in [6.07, 6.45) is 2.48. The van der Waals surface area contributed by atoms with Gasteiger partial charge in [-0.15, -0.1) is 0 Å². The van der Waals surface area contributed by atoms with E-state index >= 15 is 0 Å². The SMILES string of the molecule is NCc1cc(N2CCCC2)nc(=S)[nH]1. The molecule has 0 atom stereocenters. The van der Waals surface area contributed by atoms with E-state index in [1.807, 2.05) is 6.07 Å². The Balaban J connectivity index is 2.32. The van der Waals surface area contributed by atoms with E-state index in [-0.39, 0.29) is 0 Å². The first-order valence-electron chi connectivity index (χ1n) is 4.85. The van der Waals surface area contributed by atoms with E-state index in [1.165, 1.54) is 12.8 Å². The van der Waals surface area contributed by atoms with E-state index in [2.05, 4.69) is 14.9 Å². The summed E-state index contributed by atoms with van der Waals surface area (Å²) in [5, 5.41) is 0. The van der Waals surface area contributed by atoms with Gasteiger partial charge in [0.15, 0.2) is 4.77 Å². The van der Waals surface area contributed by atoms with Crippen molar-refractivity contribution in [1.29, 1.82) is 0 Å². The molecule has 1 saturated heterocycles. The van der Waals surface area contributed by atoms with E-state index < -0.39 is 0 Å². The minimum absolute atomic E-state index is 0.479. The van der Waals surface area contributed by atoms with E-state index in [0.29, 0.717) is 11.3 Å². The van der Waals surface area contributed by atoms with E-state index in [0.717, 1.165) is 24.6 Å². The third-order valence-electron chi connectivity index (χ3n) is 2.44. The second-order valence-electron chi connectivity index (χ2n) is 3.47. The number of nitrogens with one attached hydrogen (secondary N) is 1. The summed E-state index contributed by atoms with van der Waals surface area (Å²) in [6, 6.07) is 1.99. The molecule has 3 N–H and O–H groups in total. The predicted molar refractivity (Wildman–Crippen MR) is 58.8 cm³/mol. The summed E-state index contributed by atoms with van der Waals surface area (Å²) >= 11 is 5.04. The summed E-state index contributed by atoms with van der Waals surface area (Å²) in [5.74, 6) is 0.965. The van der Waals surface area contributed by atoms with Crippen molar-refractivity contribution in [1.82, 2.24) is 9.97 Å². The fourth-order valence-corrected chi connectivity index (χ4v) is 1.94. The van der Waals surface area contributed by atoms with Crippen LogP contribution in [0.4, 0.5) is 5.82 Å². The third kappa shape index (κ3) is 1.93. The average molecular weight is 210 g/mol. The Kier molecular flexibility index (Phi) is 2.79. The molecule has 14 heavy (non-hydrogen) atoms. The van der Waals surface area contributed by atoms with Gasteiger partial charge >= 0.3 is 0 Å². The van der Waals surface area contributed by atoms with Crippen LogP contribution in [0.3, 0.4) is 0 Å². The molecule has 0 amide bonds. The number of hydrogen-bond acceptors (Lipinski definition) is 4. The van der Waals surface area contributed by atoms with Crippen molar-refractivity contribution in [2.45, 2.75) is 19.4 Å². The number of aromatic nitrogens is 2. The number of nitrogens with two attached hydrogens (primary N) is 1. The molecule has 1 aliphatic heterocycles. The monoisotopic (exact) mass is 210 g/mol. The Morgan fingerprint density at radius 2 is 2.21 bits per heavy atom. The summed E-state index contributed by atoms with van der Waals surface area (Å²) in [7, 11) is 0. The van der Waals surface area contributed by atoms with E-state index in [4.69, 9.17) is 18.0 Å². The molecule has 1 aromatic heterocycles. The number of hydrogen-bond donors (Lipinski definition) is 2. The van der Waals surface area contributed by atoms with Crippen LogP contribution < -0.4 is 10.6 Å². The second kappa shape index (κ2) is 4.06. The molecular formula is C9H14N4S. The third-order valence-corrected chi connectivity index (χ3v) is 2.63. The van der Waals surface area contributed by atoms with Crippen LogP contribution in [0, 0.1) is 4.77 Å². The maximum atomic E-state index is 5.56. The van der Waals surface area contributed by atoms with Crippen molar-refractivity contribution in [2.75, 3.05) is 18.0 Å². The predicted octanol–water partition coefficient (Wildman–Crippen LogP) is 1.20. The van der Waals surface area contributed by atoms with Gasteiger partial charge in [-0.2, -0.15) is 0 Å². The maximum absolute atomic E-state index is 5.56. The molecule has 76 valence electrons. The number of aromatic amines is 1. The lowest BCUT2D eigenvalue weighted by Gasteiger charge is -2.16. The summed E-state index contributed by atoms with van der Waals surface area (Å²) in [5.41, 5.74) is 6.51. The molecule has 0 bridgehead atoms. The quantitative estimate of drug-likeness (QED) is 0.720. The Morgan fingerprint density at radius 3 is 2.86 bits per heavy atom. The molecule has 0 aliphatic carbocycles. The smallest absolute Gasteiger partial charge is 0.198 e. The van der Waals surface area contributed by atoms with E-state index in [9.17, 15) is 0 Å². The molecule has 1 aromatic rings. The lowest BCUT2D eigenvalue weighted by Crippen LogP contribution is -2.19. The zero-order valence-electron chi connectivity index (χ0n) is 7.99. The van der Waals surface area contributed by atoms with Crippen LogP contribution in [0.2, 0.25) is 0 Å². The summed E-state index contributed by atoms with van der Waals surface area (Å²) in [4.78, 5) is 9.52. The first-order valence-corrected chi connectivity index (χ1v) is 5.25. The highest BCUT2D eigenvalue weighted by atomic mass is 32.1. The van der Waals surface area contributed by atoms with Gasteiger partial charge in [0.1, 0.15) is 5.82 Å². The highest BCUT2D eigenvalue weighted by molar-refractivity contribution is 7.71. The highest BCUT2D eigenvalue weighted by Gasteiger charge is 2.13. The second-order valence-corrected chi connectivity index (χ2v) is 3.85. The molecule has 0 saturated carbocycles. The van der Waals surface area contributed by atoms with Gasteiger partial charge in [0.05, 0.1) is 0 Å². The van der Waals surface area contributed by atoms with Gasteiger partial charge in [0.25, 0.3) is 0 Å². The summed E-state index contributed by atoms with van der Waals surface area (Å²) < 4.78 is 0.523. The van der Waals surface area contributed by atoms with Crippen LogP contribution in [0.25, 0.3) is 0 Å². The Hall–Kier alpha value is -0.940. The molecule has 2 rings (SSSR count). The first kappa shape index (κ1) is 9.61. The Labute approximate surface area is 88.1 Å². The number of H-pyrrole nitrogens is 1. The van der Waals surface area contributed by atoms with Crippen LogP contribution in [-0.2, 0) is 6.54 Å². The number of anilines is 1. The summed E-state index contributed by atoms with van der Waals surface area (Å²) in [6.45, 7) is 2.64. The standard InChI is InChI=1S/C9H14N4S/c10-6-7-5-8(12-9(14)11-7)13-3-1-2-4-13/h5H,1-4,6,10H2,(H,11,12,14). The van der Waals surface area contributed by atoms with Crippen LogP contribution >= 0.6 is 12.2 Å². The highest BCUT2D eigenvalue weighted by Crippen LogP contribution is 2.17. The van der Waals surface area contributed by atoms with Crippen molar-refractivity contribution in [3.8, 4) is 0 Å². The van der Waals surface area contributed by atoms with Crippen LogP contribution in [0.15, 0.2) is 6.07 Å². The van der Waals surface area contributed by atoms with Crippen molar-refractivity contribution in [2.24, 2.45) is 5.73 Å². The van der Waals surface area contributed by atoms with Gasteiger partial charge in [-0.05, 0) is 25.1 Å². The van der Waals surface area contributed by atoms with Gasteiger partial charge in [0.2, 0.25) is 0 Å². The van der Waals surface area contributed by atoms with Gasteiger partial charge in [0, 0.05) is 31.4 Å². The minimum atomic E-state index is 0.479. The topological polar surface area (TPSA) is 57.9 Å². The van der Waals surface area contributed by atoms with Crippen LogP contribution in [0.1, 0.15) is 18.5 Å². The molecular weight excluding hydrogens is 196 g/mol. The molecule has 0 aromatic carbocycles. The fraction of sp³-hybridized carbons (Fsp3) is 0.556. The molecule has 0 spiro atoms. The maximum Gasteiger partial charge on any atom is 0.198 e. The van der Waals surface area contributed by atoms with Gasteiger partial charge in [-0.3, -0.25) is 0 Å². The average Bonchev–Trinajstić information content (AvgIpc) is 2.69. The first-order chi connectivity index (χ1) is 6.79. The van der Waals surface area contributed by atoms with Gasteiger partial charge < -0.3 is 15.6 Å². The molecule has 4 nitrogen and oxygen atoms in total. The molecule has 0 unspecified atom stereocenters. The molecule has 2 heterocycles. The zero-order valence-corrected chi connectivity index (χ0v) is 8.81. The lowest BCUT2D eigenvalue weighted by molar-refractivity contribution is 0.891. The number of rotatable bonds is 2. The largest absolute Gasteiger partial charge is 0.356 e. The molecule has 1 aliphatic rings. The van der Waals surface area contributed by atoms with Gasteiger partial charge in [-0.25, -0.2) is 4.98 Å². The van der Waals surface area contributed by atoms with Crippen LogP contribution in [-0.4, -0.2) is 23.1 Å². The Bertz CT molecular complexity index is 367. The number of nitrogens with zero attached hydrogens (tertiary/aromatic N) is 2.